The van der Waals surface area contributed by atoms with Crippen LogP contribution in [0.5, 0.6) is 0 Å². The smallest absolute Gasteiger partial charge is 0.338 e. The van der Waals surface area contributed by atoms with Gasteiger partial charge in [0.15, 0.2) is 0 Å². The molecule has 3 atom stereocenters. The van der Waals surface area contributed by atoms with Crippen molar-refractivity contribution >= 4 is 5.97 Å². The lowest BCUT2D eigenvalue weighted by Crippen LogP contribution is -2.40. The summed E-state index contributed by atoms with van der Waals surface area (Å²) in [6, 6.07) is 8.96. The quantitative estimate of drug-likeness (QED) is 0.842. The second-order valence-corrected chi connectivity index (χ2v) is 6.75. The summed E-state index contributed by atoms with van der Waals surface area (Å²) in [5.74, 6) is 0.128. The van der Waals surface area contributed by atoms with Crippen LogP contribution in [0.3, 0.4) is 0 Å². The van der Waals surface area contributed by atoms with Crippen molar-refractivity contribution in [3.05, 3.63) is 35.9 Å². The molecule has 1 aliphatic carbocycles. The van der Waals surface area contributed by atoms with Gasteiger partial charge in [-0.05, 0) is 42.7 Å². The molecular weight excluding hydrogens is 252 g/mol. The Morgan fingerprint density at radius 2 is 1.85 bits per heavy atom. The maximum Gasteiger partial charge on any atom is 0.338 e. The minimum absolute atomic E-state index is 0.178. The number of ether oxygens (including phenoxy) is 1. The standard InChI is InChI=1S/C17H24O3/c1-17(2,3)13-9-10-14(18)15(11-13)20-16(19)12-7-5-4-6-8-12/h4-8,13-15,18H,9-11H2,1-3H3. The molecule has 1 saturated carbocycles. The van der Waals surface area contributed by atoms with Gasteiger partial charge in [-0.3, -0.25) is 0 Å². The van der Waals surface area contributed by atoms with Crippen LogP contribution >= 0.6 is 0 Å². The molecule has 1 aliphatic rings. The van der Waals surface area contributed by atoms with Crippen LogP contribution in [0.15, 0.2) is 30.3 Å². The fraction of sp³-hybridized carbons (Fsp3) is 0.588. The molecule has 0 aromatic heterocycles. The Kier molecular flexibility index (Phi) is 4.48. The zero-order valence-corrected chi connectivity index (χ0v) is 12.5. The Hall–Kier alpha value is -1.35. The van der Waals surface area contributed by atoms with E-state index < -0.39 is 6.10 Å². The van der Waals surface area contributed by atoms with Crippen LogP contribution < -0.4 is 0 Å². The molecule has 1 N–H and O–H groups in total. The highest BCUT2D eigenvalue weighted by Gasteiger charge is 2.37. The topological polar surface area (TPSA) is 46.5 Å². The zero-order chi connectivity index (χ0) is 14.8. The van der Waals surface area contributed by atoms with Gasteiger partial charge in [-0.25, -0.2) is 4.79 Å². The minimum Gasteiger partial charge on any atom is -0.456 e. The van der Waals surface area contributed by atoms with Crippen LogP contribution in [0.4, 0.5) is 0 Å². The van der Waals surface area contributed by atoms with Crippen molar-refractivity contribution in [1.29, 1.82) is 0 Å². The number of carbonyl (C=O) groups excluding carboxylic acids is 1. The summed E-state index contributed by atoms with van der Waals surface area (Å²) in [5, 5.41) is 10.1. The van der Waals surface area contributed by atoms with Gasteiger partial charge >= 0.3 is 5.97 Å². The van der Waals surface area contributed by atoms with Crippen LogP contribution in [0.1, 0.15) is 50.4 Å². The average molecular weight is 276 g/mol. The lowest BCUT2D eigenvalue weighted by molar-refractivity contribution is -0.0603. The van der Waals surface area contributed by atoms with Crippen molar-refractivity contribution in [3.8, 4) is 0 Å². The van der Waals surface area contributed by atoms with Crippen LogP contribution in [-0.4, -0.2) is 23.3 Å². The largest absolute Gasteiger partial charge is 0.456 e. The van der Waals surface area contributed by atoms with E-state index in [2.05, 4.69) is 20.8 Å². The summed E-state index contributed by atoms with van der Waals surface area (Å²) < 4.78 is 5.53. The fourth-order valence-electron chi connectivity index (χ4n) is 2.81. The van der Waals surface area contributed by atoms with Crippen LogP contribution in [0, 0.1) is 11.3 Å². The molecule has 1 aromatic carbocycles. The van der Waals surface area contributed by atoms with Crippen LogP contribution in [0.25, 0.3) is 0 Å². The summed E-state index contributed by atoms with van der Waals surface area (Å²) in [6.07, 6.45) is 1.50. The third kappa shape index (κ3) is 3.60. The lowest BCUT2D eigenvalue weighted by Gasteiger charge is -2.39. The Bertz CT molecular complexity index is 447. The molecule has 0 aliphatic heterocycles. The molecule has 0 heterocycles. The molecule has 2 rings (SSSR count). The van der Waals surface area contributed by atoms with Crippen LogP contribution in [-0.2, 0) is 4.74 Å². The number of carbonyl (C=O) groups is 1. The van der Waals surface area contributed by atoms with Gasteiger partial charge < -0.3 is 9.84 Å². The minimum atomic E-state index is -0.540. The van der Waals surface area contributed by atoms with Gasteiger partial charge in [-0.2, -0.15) is 0 Å². The molecule has 0 spiro atoms. The van der Waals surface area contributed by atoms with Crippen molar-refractivity contribution in [1.82, 2.24) is 0 Å². The number of benzene rings is 1. The Labute approximate surface area is 121 Å². The molecule has 0 radical (unpaired) electrons. The van der Waals surface area contributed by atoms with Gasteiger partial charge in [0, 0.05) is 0 Å². The number of esters is 1. The molecule has 20 heavy (non-hydrogen) atoms. The number of aliphatic hydroxyl groups excluding tert-OH is 1. The Morgan fingerprint density at radius 1 is 1.20 bits per heavy atom. The van der Waals surface area contributed by atoms with E-state index in [1.807, 2.05) is 18.2 Å². The van der Waals surface area contributed by atoms with E-state index >= 15 is 0 Å². The molecule has 110 valence electrons. The highest BCUT2D eigenvalue weighted by atomic mass is 16.6. The van der Waals surface area contributed by atoms with Gasteiger partial charge in [0.05, 0.1) is 11.7 Å². The molecule has 0 amide bonds. The molecular formula is C17H24O3. The van der Waals surface area contributed by atoms with Crippen molar-refractivity contribution in [2.24, 2.45) is 11.3 Å². The Balaban J connectivity index is 2.02. The highest BCUT2D eigenvalue weighted by molar-refractivity contribution is 5.89. The first-order valence-electron chi connectivity index (χ1n) is 7.32. The molecule has 1 fully saturated rings. The lowest BCUT2D eigenvalue weighted by atomic mass is 9.71. The first kappa shape index (κ1) is 15.0. The van der Waals surface area contributed by atoms with Gasteiger partial charge in [0.25, 0.3) is 0 Å². The zero-order valence-electron chi connectivity index (χ0n) is 12.5. The van der Waals surface area contributed by atoms with Gasteiger partial charge in [-0.1, -0.05) is 39.0 Å². The molecule has 0 saturated heterocycles. The molecule has 1 aromatic rings. The van der Waals surface area contributed by atoms with E-state index in [0.717, 1.165) is 12.8 Å². The third-order valence-electron chi connectivity index (χ3n) is 4.25. The van der Waals surface area contributed by atoms with Crippen molar-refractivity contribution < 1.29 is 14.6 Å². The number of hydrogen-bond donors (Lipinski definition) is 1. The second-order valence-electron chi connectivity index (χ2n) is 6.75. The van der Waals surface area contributed by atoms with E-state index in [1.54, 1.807) is 12.1 Å². The summed E-state index contributed by atoms with van der Waals surface area (Å²) in [4.78, 5) is 12.1. The first-order valence-corrected chi connectivity index (χ1v) is 7.32. The average Bonchev–Trinajstić information content (AvgIpc) is 2.41. The molecule has 3 unspecified atom stereocenters. The van der Waals surface area contributed by atoms with Crippen molar-refractivity contribution in [2.75, 3.05) is 0 Å². The summed E-state index contributed by atoms with van der Waals surface area (Å²) >= 11 is 0. The fourth-order valence-corrected chi connectivity index (χ4v) is 2.81. The van der Waals surface area contributed by atoms with Crippen molar-refractivity contribution in [2.45, 2.75) is 52.2 Å². The predicted molar refractivity (Wildman–Crippen MR) is 78.4 cm³/mol. The van der Waals surface area contributed by atoms with Crippen LogP contribution in [0.2, 0.25) is 0 Å². The van der Waals surface area contributed by atoms with E-state index in [-0.39, 0.29) is 17.5 Å². The molecule has 3 nitrogen and oxygen atoms in total. The molecule has 3 heteroatoms. The Morgan fingerprint density at radius 3 is 2.45 bits per heavy atom. The maximum absolute atomic E-state index is 12.1. The summed E-state index contributed by atoms with van der Waals surface area (Å²) in [5.41, 5.74) is 0.718. The van der Waals surface area contributed by atoms with E-state index in [1.165, 1.54) is 0 Å². The summed E-state index contributed by atoms with van der Waals surface area (Å²) in [7, 11) is 0. The maximum atomic E-state index is 12.1. The summed E-state index contributed by atoms with van der Waals surface area (Å²) in [6.45, 7) is 6.60. The van der Waals surface area contributed by atoms with Gasteiger partial charge in [0.2, 0.25) is 0 Å². The number of aliphatic hydroxyl groups is 1. The van der Waals surface area contributed by atoms with Gasteiger partial charge in [-0.15, -0.1) is 0 Å². The second kappa shape index (κ2) is 5.96. The van der Waals surface area contributed by atoms with E-state index in [4.69, 9.17) is 4.74 Å². The monoisotopic (exact) mass is 276 g/mol. The van der Waals surface area contributed by atoms with Gasteiger partial charge in [0.1, 0.15) is 6.10 Å². The van der Waals surface area contributed by atoms with E-state index in [0.29, 0.717) is 17.9 Å². The first-order chi connectivity index (χ1) is 9.38. The number of rotatable bonds is 2. The SMILES string of the molecule is CC(C)(C)C1CCC(O)C(OC(=O)c2ccccc2)C1. The van der Waals surface area contributed by atoms with E-state index in [9.17, 15) is 9.90 Å². The molecule has 0 bridgehead atoms. The third-order valence-corrected chi connectivity index (χ3v) is 4.25. The van der Waals surface area contributed by atoms with Crippen molar-refractivity contribution in [3.63, 3.8) is 0 Å². The number of hydrogen-bond acceptors (Lipinski definition) is 3. The highest BCUT2D eigenvalue weighted by Crippen LogP contribution is 2.39. The normalized spacial score (nSPS) is 27.1. The predicted octanol–water partition coefficient (Wildman–Crippen LogP) is 3.42.